The summed E-state index contributed by atoms with van der Waals surface area (Å²) in [5.41, 5.74) is 4.49. The highest BCUT2D eigenvalue weighted by molar-refractivity contribution is 6.31. The summed E-state index contributed by atoms with van der Waals surface area (Å²) in [5.74, 6) is 0. The van der Waals surface area contributed by atoms with Gasteiger partial charge in [-0.25, -0.2) is 4.68 Å². The van der Waals surface area contributed by atoms with E-state index >= 15 is 0 Å². The van der Waals surface area contributed by atoms with Crippen molar-refractivity contribution in [3.8, 4) is 5.69 Å². The van der Waals surface area contributed by atoms with E-state index in [4.69, 9.17) is 11.6 Å². The van der Waals surface area contributed by atoms with Crippen molar-refractivity contribution < 1.29 is 0 Å². The third kappa shape index (κ3) is 3.86. The number of aryl methyl sites for hydroxylation is 2. The Morgan fingerprint density at radius 3 is 2.52 bits per heavy atom. The lowest BCUT2D eigenvalue weighted by Crippen LogP contribution is -2.22. The van der Waals surface area contributed by atoms with Crippen LogP contribution in [-0.4, -0.2) is 15.8 Å². The van der Waals surface area contributed by atoms with Crippen LogP contribution in [0.1, 0.15) is 44.6 Å². The minimum absolute atomic E-state index is 0.450. The molecule has 0 aliphatic rings. The molecule has 0 aliphatic heterocycles. The maximum Gasteiger partial charge on any atom is 0.0663 e. The van der Waals surface area contributed by atoms with Gasteiger partial charge >= 0.3 is 0 Å². The number of nitrogens with zero attached hydrogens (tertiary/aromatic N) is 2. The van der Waals surface area contributed by atoms with Gasteiger partial charge in [0.05, 0.1) is 11.4 Å². The molecular formula is C17H24ClN3. The zero-order valence-corrected chi connectivity index (χ0v) is 14.0. The molecule has 0 unspecified atom stereocenters. The van der Waals surface area contributed by atoms with E-state index in [1.54, 1.807) is 0 Å². The number of hydrogen-bond donors (Lipinski definition) is 1. The number of hydrogen-bond acceptors (Lipinski definition) is 2. The zero-order valence-electron chi connectivity index (χ0n) is 13.3. The van der Waals surface area contributed by atoms with Crippen LogP contribution >= 0.6 is 11.6 Å². The van der Waals surface area contributed by atoms with E-state index in [0.29, 0.717) is 6.04 Å². The standard InChI is InChI=1S/C17H24ClN3/c1-5-14-9-15(6-2)21(20-14)16-8-7-13(17(18)10-16)11-19-12(3)4/h7-10,12,19H,5-6,11H2,1-4H3. The molecule has 0 atom stereocenters. The van der Waals surface area contributed by atoms with Gasteiger partial charge in [-0.15, -0.1) is 0 Å². The molecule has 0 aliphatic carbocycles. The van der Waals surface area contributed by atoms with E-state index in [1.165, 1.54) is 5.69 Å². The lowest BCUT2D eigenvalue weighted by molar-refractivity contribution is 0.589. The van der Waals surface area contributed by atoms with Gasteiger partial charge in [0.1, 0.15) is 0 Å². The molecule has 0 radical (unpaired) electrons. The van der Waals surface area contributed by atoms with E-state index in [-0.39, 0.29) is 0 Å². The minimum Gasteiger partial charge on any atom is -0.310 e. The van der Waals surface area contributed by atoms with Crippen molar-refractivity contribution in [1.29, 1.82) is 0 Å². The van der Waals surface area contributed by atoms with Crippen molar-refractivity contribution in [2.24, 2.45) is 0 Å². The second kappa shape index (κ2) is 7.10. The Kier molecular flexibility index (Phi) is 5.43. The molecule has 1 aromatic carbocycles. The number of aromatic nitrogens is 2. The number of halogens is 1. The Labute approximate surface area is 132 Å². The molecule has 1 aromatic heterocycles. The summed E-state index contributed by atoms with van der Waals surface area (Å²) >= 11 is 6.42. The summed E-state index contributed by atoms with van der Waals surface area (Å²) in [6.45, 7) is 9.32. The van der Waals surface area contributed by atoms with Gasteiger partial charge in [-0.2, -0.15) is 5.10 Å². The predicted molar refractivity (Wildman–Crippen MR) is 89.3 cm³/mol. The summed E-state index contributed by atoms with van der Waals surface area (Å²) < 4.78 is 2.00. The zero-order chi connectivity index (χ0) is 15.4. The van der Waals surface area contributed by atoms with Gasteiger partial charge in [-0.05, 0) is 36.6 Å². The molecule has 3 nitrogen and oxygen atoms in total. The molecule has 0 saturated heterocycles. The van der Waals surface area contributed by atoms with Crippen molar-refractivity contribution in [2.75, 3.05) is 0 Å². The average molecular weight is 306 g/mol. The van der Waals surface area contributed by atoms with Gasteiger partial charge in [-0.1, -0.05) is 45.4 Å². The van der Waals surface area contributed by atoms with Gasteiger partial charge in [0.15, 0.2) is 0 Å². The van der Waals surface area contributed by atoms with Crippen molar-refractivity contribution in [1.82, 2.24) is 15.1 Å². The Hall–Kier alpha value is -1.32. The normalized spacial score (nSPS) is 11.3. The largest absolute Gasteiger partial charge is 0.310 e. The monoisotopic (exact) mass is 305 g/mol. The first kappa shape index (κ1) is 16.1. The van der Waals surface area contributed by atoms with Gasteiger partial charge in [0, 0.05) is 23.3 Å². The van der Waals surface area contributed by atoms with Crippen LogP contribution < -0.4 is 5.32 Å². The summed E-state index contributed by atoms with van der Waals surface area (Å²) in [7, 11) is 0. The highest BCUT2D eigenvalue weighted by atomic mass is 35.5. The van der Waals surface area contributed by atoms with Gasteiger partial charge in [-0.3, -0.25) is 0 Å². The third-order valence-electron chi connectivity index (χ3n) is 3.54. The second-order valence-electron chi connectivity index (χ2n) is 5.56. The molecule has 0 saturated carbocycles. The van der Waals surface area contributed by atoms with Gasteiger partial charge in [0.25, 0.3) is 0 Å². The topological polar surface area (TPSA) is 29.9 Å². The van der Waals surface area contributed by atoms with Crippen LogP contribution in [0.4, 0.5) is 0 Å². The van der Waals surface area contributed by atoms with Crippen molar-refractivity contribution >= 4 is 11.6 Å². The molecule has 0 amide bonds. The van der Waals surface area contributed by atoms with Crippen molar-refractivity contribution in [3.63, 3.8) is 0 Å². The van der Waals surface area contributed by atoms with Crippen molar-refractivity contribution in [3.05, 3.63) is 46.2 Å². The maximum absolute atomic E-state index is 6.42. The highest BCUT2D eigenvalue weighted by Gasteiger charge is 2.09. The third-order valence-corrected chi connectivity index (χ3v) is 3.89. The highest BCUT2D eigenvalue weighted by Crippen LogP contribution is 2.22. The van der Waals surface area contributed by atoms with Crippen LogP contribution in [0, 0.1) is 0 Å². The second-order valence-corrected chi connectivity index (χ2v) is 5.96. The Morgan fingerprint density at radius 2 is 1.95 bits per heavy atom. The van der Waals surface area contributed by atoms with Crippen LogP contribution in [0.3, 0.4) is 0 Å². The quantitative estimate of drug-likeness (QED) is 0.869. The molecule has 2 rings (SSSR count). The van der Waals surface area contributed by atoms with Crippen LogP contribution in [0.5, 0.6) is 0 Å². The molecule has 21 heavy (non-hydrogen) atoms. The molecule has 0 bridgehead atoms. The molecular weight excluding hydrogens is 282 g/mol. The summed E-state index contributed by atoms with van der Waals surface area (Å²) in [4.78, 5) is 0. The van der Waals surface area contributed by atoms with Crippen molar-refractivity contribution in [2.45, 2.75) is 53.1 Å². The number of rotatable bonds is 6. The molecule has 0 spiro atoms. The Morgan fingerprint density at radius 1 is 1.19 bits per heavy atom. The lowest BCUT2D eigenvalue weighted by Gasteiger charge is -2.12. The minimum atomic E-state index is 0.450. The van der Waals surface area contributed by atoms with E-state index in [9.17, 15) is 0 Å². The maximum atomic E-state index is 6.42. The molecule has 0 fully saturated rings. The van der Waals surface area contributed by atoms with E-state index < -0.39 is 0 Å². The average Bonchev–Trinajstić information content (AvgIpc) is 2.89. The smallest absolute Gasteiger partial charge is 0.0663 e. The molecule has 114 valence electrons. The van der Waals surface area contributed by atoms with Crippen LogP contribution in [0.15, 0.2) is 24.3 Å². The fourth-order valence-corrected chi connectivity index (χ4v) is 2.49. The summed E-state index contributed by atoms with van der Waals surface area (Å²) in [6.07, 6.45) is 1.91. The van der Waals surface area contributed by atoms with E-state index in [1.807, 2.05) is 10.7 Å². The number of nitrogens with one attached hydrogen (secondary N) is 1. The summed E-state index contributed by atoms with van der Waals surface area (Å²) in [6, 6.07) is 8.80. The molecule has 4 heteroatoms. The first-order valence-electron chi connectivity index (χ1n) is 7.65. The van der Waals surface area contributed by atoms with Crippen LogP contribution in [-0.2, 0) is 19.4 Å². The van der Waals surface area contributed by atoms with E-state index in [0.717, 1.165) is 41.4 Å². The fraction of sp³-hybridized carbons (Fsp3) is 0.471. The SMILES string of the molecule is CCc1cc(CC)n(-c2ccc(CNC(C)C)c(Cl)c2)n1. The number of benzene rings is 1. The van der Waals surface area contributed by atoms with Gasteiger partial charge < -0.3 is 5.32 Å². The Balaban J connectivity index is 2.29. The molecule has 1 heterocycles. The van der Waals surface area contributed by atoms with Crippen LogP contribution in [0.25, 0.3) is 5.69 Å². The summed E-state index contributed by atoms with van der Waals surface area (Å²) in [5, 5.41) is 8.84. The fourth-order valence-electron chi connectivity index (χ4n) is 2.25. The van der Waals surface area contributed by atoms with Crippen LogP contribution in [0.2, 0.25) is 5.02 Å². The first-order chi connectivity index (χ1) is 10.0. The predicted octanol–water partition coefficient (Wildman–Crippen LogP) is 4.15. The molecule has 2 aromatic rings. The van der Waals surface area contributed by atoms with E-state index in [2.05, 4.69) is 56.3 Å². The first-order valence-corrected chi connectivity index (χ1v) is 8.02. The molecule has 1 N–H and O–H groups in total. The Bertz CT molecular complexity index is 602. The van der Waals surface area contributed by atoms with Gasteiger partial charge in [0.2, 0.25) is 0 Å². The lowest BCUT2D eigenvalue weighted by atomic mass is 10.2.